The second-order valence-corrected chi connectivity index (χ2v) is 4.23. The van der Waals surface area contributed by atoms with Gasteiger partial charge in [-0.25, -0.2) is 4.98 Å². The van der Waals surface area contributed by atoms with Gasteiger partial charge in [0.25, 0.3) is 0 Å². The average Bonchev–Trinajstić information content (AvgIpc) is 2.79. The van der Waals surface area contributed by atoms with Gasteiger partial charge in [-0.1, -0.05) is 0 Å². The zero-order valence-corrected chi connectivity index (χ0v) is 9.09. The summed E-state index contributed by atoms with van der Waals surface area (Å²) in [5.41, 5.74) is 6.08. The molecule has 1 saturated heterocycles. The molecule has 0 radical (unpaired) electrons. The summed E-state index contributed by atoms with van der Waals surface area (Å²) in [6, 6.07) is 0.166. The second-order valence-electron chi connectivity index (χ2n) is 4.23. The van der Waals surface area contributed by atoms with E-state index in [1.54, 1.807) is 11.0 Å². The predicted octanol–water partition coefficient (Wildman–Crippen LogP) is 0.111. The minimum absolute atomic E-state index is 0.166. The molecule has 5 heteroatoms. The molecule has 2 unspecified atom stereocenters. The summed E-state index contributed by atoms with van der Waals surface area (Å²) < 4.78 is 7.11. The van der Waals surface area contributed by atoms with Gasteiger partial charge in [0.15, 0.2) is 0 Å². The number of nitrogens with two attached hydrogens (primary N) is 1. The second kappa shape index (κ2) is 4.72. The summed E-state index contributed by atoms with van der Waals surface area (Å²) >= 11 is 0. The van der Waals surface area contributed by atoms with Crippen LogP contribution in [-0.2, 0) is 18.2 Å². The Morgan fingerprint density at radius 3 is 3.20 bits per heavy atom. The molecule has 1 fully saturated rings. The number of ether oxygens (including phenoxy) is 1. The largest absolute Gasteiger partial charge is 0.381 e. The van der Waals surface area contributed by atoms with Crippen LogP contribution in [0.4, 0.5) is 0 Å². The van der Waals surface area contributed by atoms with Crippen LogP contribution in [0, 0.1) is 5.92 Å². The van der Waals surface area contributed by atoms with E-state index >= 15 is 0 Å². The van der Waals surface area contributed by atoms with E-state index in [1.165, 1.54) is 0 Å². The Morgan fingerprint density at radius 1 is 1.73 bits per heavy atom. The van der Waals surface area contributed by atoms with Gasteiger partial charge in [-0.2, -0.15) is 5.10 Å². The average molecular weight is 210 g/mol. The summed E-state index contributed by atoms with van der Waals surface area (Å²) in [6.45, 7) is 1.76. The molecule has 2 heterocycles. The maximum absolute atomic E-state index is 6.08. The zero-order valence-electron chi connectivity index (χ0n) is 9.09. The quantitative estimate of drug-likeness (QED) is 0.766. The first-order valence-electron chi connectivity index (χ1n) is 5.42. The molecule has 1 aliphatic rings. The molecule has 15 heavy (non-hydrogen) atoms. The van der Waals surface area contributed by atoms with Crippen LogP contribution in [-0.4, -0.2) is 34.0 Å². The minimum atomic E-state index is 0.166. The van der Waals surface area contributed by atoms with E-state index in [4.69, 9.17) is 10.5 Å². The molecule has 0 saturated carbocycles. The number of hydrogen-bond donors (Lipinski definition) is 1. The van der Waals surface area contributed by atoms with Gasteiger partial charge in [0, 0.05) is 32.7 Å². The standard InChI is InChI=1S/C10H18N4O/c1-14-10(12-7-13-14)5-9(11)4-8-2-3-15-6-8/h7-9H,2-6,11H2,1H3. The monoisotopic (exact) mass is 210 g/mol. The molecule has 0 aromatic carbocycles. The van der Waals surface area contributed by atoms with E-state index in [-0.39, 0.29) is 6.04 Å². The first kappa shape index (κ1) is 10.6. The maximum atomic E-state index is 6.08. The van der Waals surface area contributed by atoms with Gasteiger partial charge in [-0.3, -0.25) is 4.68 Å². The molecule has 0 aliphatic carbocycles. The summed E-state index contributed by atoms with van der Waals surface area (Å²) in [5, 5.41) is 4.03. The van der Waals surface area contributed by atoms with Gasteiger partial charge in [0.05, 0.1) is 0 Å². The van der Waals surface area contributed by atoms with Crippen LogP contribution in [0.15, 0.2) is 6.33 Å². The number of rotatable bonds is 4. The molecule has 0 bridgehead atoms. The Kier molecular flexibility index (Phi) is 3.33. The Morgan fingerprint density at radius 2 is 2.60 bits per heavy atom. The fraction of sp³-hybridized carbons (Fsp3) is 0.800. The molecule has 1 aliphatic heterocycles. The third-order valence-corrected chi connectivity index (χ3v) is 2.91. The number of hydrogen-bond acceptors (Lipinski definition) is 4. The molecule has 0 spiro atoms. The summed E-state index contributed by atoms with van der Waals surface area (Å²) in [7, 11) is 1.90. The van der Waals surface area contributed by atoms with Gasteiger partial charge in [0.2, 0.25) is 0 Å². The van der Waals surface area contributed by atoms with Gasteiger partial charge < -0.3 is 10.5 Å². The lowest BCUT2D eigenvalue weighted by Gasteiger charge is -2.14. The SMILES string of the molecule is Cn1ncnc1CC(N)CC1CCOC1. The first-order chi connectivity index (χ1) is 7.25. The Labute approximate surface area is 89.6 Å². The van der Waals surface area contributed by atoms with Crippen molar-refractivity contribution in [2.75, 3.05) is 13.2 Å². The number of aromatic nitrogens is 3. The van der Waals surface area contributed by atoms with Crippen molar-refractivity contribution in [3.8, 4) is 0 Å². The fourth-order valence-corrected chi connectivity index (χ4v) is 2.02. The molecule has 5 nitrogen and oxygen atoms in total. The number of nitrogens with zero attached hydrogens (tertiary/aromatic N) is 3. The molecule has 1 aromatic heterocycles. The molecule has 84 valence electrons. The fourth-order valence-electron chi connectivity index (χ4n) is 2.02. The predicted molar refractivity (Wildman–Crippen MR) is 56.2 cm³/mol. The topological polar surface area (TPSA) is 66.0 Å². The van der Waals surface area contributed by atoms with Crippen molar-refractivity contribution in [1.82, 2.24) is 14.8 Å². The molecule has 0 amide bonds. The number of aryl methyl sites for hydroxylation is 1. The third kappa shape index (κ3) is 2.76. The van der Waals surface area contributed by atoms with Gasteiger partial charge in [-0.05, 0) is 18.8 Å². The van der Waals surface area contributed by atoms with Crippen LogP contribution in [0.3, 0.4) is 0 Å². The van der Waals surface area contributed by atoms with Crippen LogP contribution in [0.25, 0.3) is 0 Å². The van der Waals surface area contributed by atoms with Crippen molar-refractivity contribution < 1.29 is 4.74 Å². The van der Waals surface area contributed by atoms with E-state index in [2.05, 4.69) is 10.1 Å². The zero-order chi connectivity index (χ0) is 10.7. The van der Waals surface area contributed by atoms with Crippen molar-refractivity contribution >= 4 is 0 Å². The first-order valence-corrected chi connectivity index (χ1v) is 5.42. The highest BCUT2D eigenvalue weighted by molar-refractivity contribution is 4.88. The molecule has 1 aromatic rings. The minimum Gasteiger partial charge on any atom is -0.381 e. The Hall–Kier alpha value is -0.940. The molecular formula is C10H18N4O. The van der Waals surface area contributed by atoms with Gasteiger partial charge >= 0.3 is 0 Å². The molecule has 2 rings (SSSR count). The third-order valence-electron chi connectivity index (χ3n) is 2.91. The van der Waals surface area contributed by atoms with Gasteiger partial charge in [0.1, 0.15) is 12.2 Å². The summed E-state index contributed by atoms with van der Waals surface area (Å²) in [5.74, 6) is 1.59. The van der Waals surface area contributed by atoms with Crippen molar-refractivity contribution in [1.29, 1.82) is 0 Å². The van der Waals surface area contributed by atoms with Crippen LogP contribution < -0.4 is 5.73 Å². The summed E-state index contributed by atoms with van der Waals surface area (Å²) in [6.07, 6.45) is 4.53. The van der Waals surface area contributed by atoms with Gasteiger partial charge in [-0.15, -0.1) is 0 Å². The van der Waals surface area contributed by atoms with Crippen LogP contribution in [0.5, 0.6) is 0 Å². The molecule has 2 atom stereocenters. The van der Waals surface area contributed by atoms with E-state index in [0.717, 1.165) is 38.3 Å². The van der Waals surface area contributed by atoms with Crippen molar-refractivity contribution in [2.45, 2.75) is 25.3 Å². The highest BCUT2D eigenvalue weighted by Gasteiger charge is 2.19. The van der Waals surface area contributed by atoms with Crippen molar-refractivity contribution in [3.05, 3.63) is 12.2 Å². The highest BCUT2D eigenvalue weighted by atomic mass is 16.5. The highest BCUT2D eigenvalue weighted by Crippen LogP contribution is 2.18. The normalized spacial score (nSPS) is 23.2. The lowest BCUT2D eigenvalue weighted by Crippen LogP contribution is -2.27. The maximum Gasteiger partial charge on any atom is 0.138 e. The molecular weight excluding hydrogens is 192 g/mol. The smallest absolute Gasteiger partial charge is 0.138 e. The lowest BCUT2D eigenvalue weighted by atomic mass is 9.98. The summed E-state index contributed by atoms with van der Waals surface area (Å²) in [4.78, 5) is 4.17. The van der Waals surface area contributed by atoms with Crippen LogP contribution in [0.1, 0.15) is 18.7 Å². The van der Waals surface area contributed by atoms with Crippen LogP contribution in [0.2, 0.25) is 0 Å². The van der Waals surface area contributed by atoms with E-state index < -0.39 is 0 Å². The van der Waals surface area contributed by atoms with Crippen LogP contribution >= 0.6 is 0 Å². The van der Waals surface area contributed by atoms with Crippen molar-refractivity contribution in [3.63, 3.8) is 0 Å². The van der Waals surface area contributed by atoms with Crippen molar-refractivity contribution in [2.24, 2.45) is 18.7 Å². The Balaban J connectivity index is 1.81. The lowest BCUT2D eigenvalue weighted by molar-refractivity contribution is 0.182. The van der Waals surface area contributed by atoms with E-state index in [1.807, 2.05) is 7.05 Å². The molecule has 2 N–H and O–H groups in total. The van der Waals surface area contributed by atoms with E-state index in [9.17, 15) is 0 Å². The Bertz CT molecular complexity index is 306. The van der Waals surface area contributed by atoms with E-state index in [0.29, 0.717) is 5.92 Å².